The lowest BCUT2D eigenvalue weighted by molar-refractivity contribution is 0.0596. The Kier molecular flexibility index (Phi) is 6.50. The van der Waals surface area contributed by atoms with Crippen LogP contribution >= 0.6 is 0 Å². The van der Waals surface area contributed by atoms with Crippen molar-refractivity contribution in [3.63, 3.8) is 0 Å². The first-order valence-electron chi connectivity index (χ1n) is 11.7. The zero-order chi connectivity index (χ0) is 24.2. The molecule has 1 fully saturated rings. The van der Waals surface area contributed by atoms with Crippen molar-refractivity contribution in [1.29, 1.82) is 0 Å². The Morgan fingerprint density at radius 2 is 1.54 bits per heavy atom. The third-order valence-corrected chi connectivity index (χ3v) is 6.32. The number of primary amides is 1. The summed E-state index contributed by atoms with van der Waals surface area (Å²) < 4.78 is 12.0. The van der Waals surface area contributed by atoms with Crippen molar-refractivity contribution in [2.75, 3.05) is 26.2 Å². The molecule has 1 saturated heterocycles. The maximum absolute atomic E-state index is 13.5. The summed E-state index contributed by atoms with van der Waals surface area (Å²) in [5.74, 6) is 0.549. The number of carbonyl (C=O) groups is 2. The molecule has 1 aliphatic rings. The fraction of sp³-hybridized carbons (Fsp3) is 0.214. The van der Waals surface area contributed by atoms with Gasteiger partial charge < -0.3 is 19.8 Å². The van der Waals surface area contributed by atoms with Gasteiger partial charge in [-0.25, -0.2) is 0 Å². The fourth-order valence-electron chi connectivity index (χ4n) is 4.37. The molecule has 0 atom stereocenters. The van der Waals surface area contributed by atoms with Crippen LogP contribution in [-0.4, -0.2) is 47.8 Å². The second-order valence-electron chi connectivity index (χ2n) is 8.64. The van der Waals surface area contributed by atoms with Crippen LogP contribution in [0.1, 0.15) is 32.0 Å². The van der Waals surface area contributed by atoms with Crippen molar-refractivity contribution in [2.45, 2.75) is 13.2 Å². The number of fused-ring (bicyclic) bond motifs is 1. The number of furan rings is 1. The number of rotatable bonds is 7. The molecule has 0 spiro atoms. The maximum Gasteiger partial charge on any atom is 0.290 e. The van der Waals surface area contributed by atoms with Gasteiger partial charge in [0, 0.05) is 49.2 Å². The van der Waals surface area contributed by atoms with Crippen LogP contribution in [0.25, 0.3) is 11.0 Å². The van der Waals surface area contributed by atoms with Crippen LogP contribution in [0.3, 0.4) is 0 Å². The number of amides is 2. The number of carbonyl (C=O) groups excluding carboxylic acids is 2. The van der Waals surface area contributed by atoms with Gasteiger partial charge in [-0.1, -0.05) is 48.5 Å². The minimum atomic E-state index is -0.428. The van der Waals surface area contributed by atoms with E-state index in [1.807, 2.05) is 71.6 Å². The number of piperazine rings is 1. The Labute approximate surface area is 203 Å². The van der Waals surface area contributed by atoms with Crippen LogP contribution in [0, 0.1) is 0 Å². The molecule has 4 aromatic rings. The SMILES string of the molecule is NC(=O)c1ccc(CN2CCN(C(=O)c3oc4ccccc4c3COc3ccccc3)CC2)cc1. The molecular weight excluding hydrogens is 442 g/mol. The molecule has 3 aromatic carbocycles. The molecule has 0 unspecified atom stereocenters. The molecule has 5 rings (SSSR count). The van der Waals surface area contributed by atoms with E-state index in [4.69, 9.17) is 14.9 Å². The summed E-state index contributed by atoms with van der Waals surface area (Å²) >= 11 is 0. The Balaban J connectivity index is 1.27. The molecule has 7 heteroatoms. The van der Waals surface area contributed by atoms with E-state index in [1.165, 1.54) is 0 Å². The Hall–Kier alpha value is -4.10. The number of hydrogen-bond donors (Lipinski definition) is 1. The molecule has 35 heavy (non-hydrogen) atoms. The van der Waals surface area contributed by atoms with E-state index in [0.717, 1.165) is 41.9 Å². The van der Waals surface area contributed by atoms with E-state index < -0.39 is 5.91 Å². The van der Waals surface area contributed by atoms with Crippen LogP contribution in [0.2, 0.25) is 0 Å². The molecule has 2 amide bonds. The van der Waals surface area contributed by atoms with Crippen molar-refractivity contribution in [3.8, 4) is 5.75 Å². The lowest BCUT2D eigenvalue weighted by atomic mass is 10.1. The number of ether oxygens (including phenoxy) is 1. The summed E-state index contributed by atoms with van der Waals surface area (Å²) in [6.07, 6.45) is 0. The average Bonchev–Trinajstić information content (AvgIpc) is 3.27. The highest BCUT2D eigenvalue weighted by molar-refractivity contribution is 5.99. The highest BCUT2D eigenvalue weighted by atomic mass is 16.5. The van der Waals surface area contributed by atoms with Crippen molar-refractivity contribution in [2.24, 2.45) is 5.73 Å². The van der Waals surface area contributed by atoms with Crippen LogP contribution < -0.4 is 10.5 Å². The van der Waals surface area contributed by atoms with E-state index in [2.05, 4.69) is 4.90 Å². The zero-order valence-corrected chi connectivity index (χ0v) is 19.4. The van der Waals surface area contributed by atoms with Gasteiger partial charge in [-0.15, -0.1) is 0 Å². The van der Waals surface area contributed by atoms with Crippen molar-refractivity contribution in [3.05, 3.63) is 101 Å². The summed E-state index contributed by atoms with van der Waals surface area (Å²) in [5, 5.41) is 0.893. The molecular formula is C28H27N3O4. The fourth-order valence-corrected chi connectivity index (χ4v) is 4.37. The molecule has 0 bridgehead atoms. The summed E-state index contributed by atoms with van der Waals surface area (Å²) in [6, 6.07) is 24.6. The van der Waals surface area contributed by atoms with Gasteiger partial charge in [0.1, 0.15) is 17.9 Å². The van der Waals surface area contributed by atoms with Gasteiger partial charge in [0.2, 0.25) is 5.91 Å². The van der Waals surface area contributed by atoms with Gasteiger partial charge in [-0.05, 0) is 35.9 Å². The standard InChI is InChI=1S/C28H27N3O4/c29-27(32)21-12-10-20(11-13-21)18-30-14-16-31(17-15-30)28(33)26-24(19-34-22-6-2-1-3-7-22)23-8-4-5-9-25(23)35-26/h1-13H,14-19H2,(H2,29,32). The van der Waals surface area contributed by atoms with Crippen molar-refractivity contribution < 1.29 is 18.7 Å². The molecule has 0 saturated carbocycles. The summed E-state index contributed by atoms with van der Waals surface area (Å²) in [7, 11) is 0. The zero-order valence-electron chi connectivity index (χ0n) is 19.4. The van der Waals surface area contributed by atoms with Gasteiger partial charge in [-0.3, -0.25) is 14.5 Å². The normalized spacial score (nSPS) is 14.2. The van der Waals surface area contributed by atoms with Crippen LogP contribution in [0.4, 0.5) is 0 Å². The van der Waals surface area contributed by atoms with Gasteiger partial charge in [0.15, 0.2) is 5.76 Å². The lowest BCUT2D eigenvalue weighted by Crippen LogP contribution is -2.48. The Bertz CT molecular complexity index is 1320. The van der Waals surface area contributed by atoms with Gasteiger partial charge in [0.25, 0.3) is 5.91 Å². The predicted molar refractivity (Wildman–Crippen MR) is 133 cm³/mol. The number of para-hydroxylation sites is 2. The number of nitrogens with zero attached hydrogens (tertiary/aromatic N) is 2. The van der Waals surface area contributed by atoms with E-state index in [0.29, 0.717) is 30.0 Å². The number of benzene rings is 3. The first-order chi connectivity index (χ1) is 17.1. The van der Waals surface area contributed by atoms with E-state index in [9.17, 15) is 9.59 Å². The van der Waals surface area contributed by atoms with Gasteiger partial charge >= 0.3 is 0 Å². The summed E-state index contributed by atoms with van der Waals surface area (Å²) in [5.41, 5.74) is 8.38. The first kappa shape index (κ1) is 22.7. The molecule has 2 heterocycles. The number of hydrogen-bond acceptors (Lipinski definition) is 5. The quantitative estimate of drug-likeness (QED) is 0.441. The van der Waals surface area contributed by atoms with Crippen molar-refractivity contribution in [1.82, 2.24) is 9.80 Å². The molecule has 178 valence electrons. The third-order valence-electron chi connectivity index (χ3n) is 6.32. The predicted octanol–water partition coefficient (Wildman–Crippen LogP) is 4.07. The molecule has 1 aromatic heterocycles. The monoisotopic (exact) mass is 469 g/mol. The smallest absolute Gasteiger partial charge is 0.290 e. The average molecular weight is 470 g/mol. The topological polar surface area (TPSA) is 89.0 Å². The highest BCUT2D eigenvalue weighted by Gasteiger charge is 2.28. The van der Waals surface area contributed by atoms with E-state index >= 15 is 0 Å². The largest absolute Gasteiger partial charge is 0.489 e. The molecule has 7 nitrogen and oxygen atoms in total. The highest BCUT2D eigenvalue weighted by Crippen LogP contribution is 2.28. The molecule has 0 aliphatic carbocycles. The second-order valence-corrected chi connectivity index (χ2v) is 8.64. The van der Waals surface area contributed by atoms with Crippen LogP contribution in [0.15, 0.2) is 83.3 Å². The second kappa shape index (κ2) is 10.0. The Morgan fingerprint density at radius 3 is 2.26 bits per heavy atom. The van der Waals surface area contributed by atoms with Crippen molar-refractivity contribution >= 4 is 22.8 Å². The lowest BCUT2D eigenvalue weighted by Gasteiger charge is -2.34. The van der Waals surface area contributed by atoms with Crippen LogP contribution in [0.5, 0.6) is 5.75 Å². The first-order valence-corrected chi connectivity index (χ1v) is 11.7. The summed E-state index contributed by atoms with van der Waals surface area (Å²) in [6.45, 7) is 3.71. The third kappa shape index (κ3) is 5.05. The van der Waals surface area contributed by atoms with E-state index in [1.54, 1.807) is 12.1 Å². The molecule has 1 aliphatic heterocycles. The van der Waals surface area contributed by atoms with Crippen LogP contribution in [-0.2, 0) is 13.2 Å². The minimum Gasteiger partial charge on any atom is -0.489 e. The number of nitrogens with two attached hydrogens (primary N) is 1. The molecule has 0 radical (unpaired) electrons. The maximum atomic E-state index is 13.5. The van der Waals surface area contributed by atoms with Gasteiger partial charge in [0.05, 0.1) is 0 Å². The minimum absolute atomic E-state index is 0.113. The Morgan fingerprint density at radius 1 is 0.857 bits per heavy atom. The van der Waals surface area contributed by atoms with E-state index in [-0.39, 0.29) is 12.5 Å². The molecule has 2 N–H and O–H groups in total. The van der Waals surface area contributed by atoms with Gasteiger partial charge in [-0.2, -0.15) is 0 Å². The summed E-state index contributed by atoms with van der Waals surface area (Å²) in [4.78, 5) is 28.9.